The Balaban J connectivity index is 2.90. The molecule has 0 aromatic rings. The predicted molar refractivity (Wildman–Crippen MR) is 132 cm³/mol. The molecule has 0 bridgehead atoms. The van der Waals surface area contributed by atoms with E-state index in [1.165, 1.54) is 6.20 Å². The van der Waals surface area contributed by atoms with Crippen molar-refractivity contribution in [3.8, 4) is 0 Å². The fourth-order valence-corrected chi connectivity index (χ4v) is 2.87. The summed E-state index contributed by atoms with van der Waals surface area (Å²) < 4.78 is 21.6. The zero-order valence-electron chi connectivity index (χ0n) is 21.9. The molecule has 0 aliphatic carbocycles. The Labute approximate surface area is 211 Å². The van der Waals surface area contributed by atoms with Gasteiger partial charge in [0.2, 0.25) is 5.96 Å². The molecular formula is C22H42N6O8. The van der Waals surface area contributed by atoms with Crippen LogP contribution in [0.3, 0.4) is 0 Å². The molecule has 0 aromatic heterocycles. The van der Waals surface area contributed by atoms with E-state index in [1.807, 2.05) is 0 Å². The average Bonchev–Trinajstić information content (AvgIpc) is 2.72. The zero-order chi connectivity index (χ0) is 27.5. The number of alkyl carbamates (subject to hydrolysis) is 2. The second kappa shape index (κ2) is 14.2. The Morgan fingerprint density at radius 3 is 2.14 bits per heavy atom. The molecule has 1 fully saturated rings. The number of hydrogen-bond acceptors (Lipinski definition) is 12. The highest BCUT2D eigenvalue weighted by molar-refractivity contribution is 6.01. The largest absolute Gasteiger partial charge is 0.444 e. The molecule has 4 atom stereocenters. The second-order valence-electron chi connectivity index (χ2n) is 10.1. The van der Waals surface area contributed by atoms with Crippen molar-refractivity contribution in [2.45, 2.75) is 83.7 Å². The molecule has 14 heteroatoms. The van der Waals surface area contributed by atoms with Gasteiger partial charge in [0.15, 0.2) is 6.29 Å². The van der Waals surface area contributed by atoms with E-state index in [0.717, 1.165) is 0 Å². The maximum absolute atomic E-state index is 12.2. The van der Waals surface area contributed by atoms with Gasteiger partial charge in [-0.25, -0.2) is 14.6 Å². The fraction of sp³-hybridized carbons (Fsp3) is 0.773. The average molecular weight is 519 g/mol. The van der Waals surface area contributed by atoms with Crippen LogP contribution in [0.2, 0.25) is 0 Å². The van der Waals surface area contributed by atoms with Crippen LogP contribution in [0.1, 0.15) is 48.0 Å². The van der Waals surface area contributed by atoms with Crippen molar-refractivity contribution in [2.24, 2.45) is 16.5 Å². The monoisotopic (exact) mass is 518 g/mol. The molecule has 14 nitrogen and oxygen atoms in total. The molecule has 1 rings (SSSR count). The summed E-state index contributed by atoms with van der Waals surface area (Å²) in [5.41, 5.74) is 10.2. The lowest BCUT2D eigenvalue weighted by Crippen LogP contribution is -2.54. The standard InChI is InChI=1S/C22H42N6O8/c1-21(2,3)35-19(31)27-18(28-20(32)36-22(4,5)6)26-11-13(24)10-25-14-9-15(30)16(12-29)34-17(14)33-8-7-23/h10,14-17,25,29-30H,7-9,11-12,23-24H2,1-6H3,(H2,26,27,28,31,32)/b13-10-/t14-,15+,16?,17?/m1/s1. The minimum Gasteiger partial charge on any atom is -0.444 e. The predicted octanol–water partition coefficient (Wildman–Crippen LogP) is -0.406. The van der Waals surface area contributed by atoms with Crippen molar-refractivity contribution in [1.82, 2.24) is 16.0 Å². The van der Waals surface area contributed by atoms with Gasteiger partial charge in [-0.3, -0.25) is 10.6 Å². The molecular weight excluding hydrogens is 476 g/mol. The second-order valence-corrected chi connectivity index (χ2v) is 10.1. The smallest absolute Gasteiger partial charge is 0.414 e. The lowest BCUT2D eigenvalue weighted by atomic mass is 10.0. The van der Waals surface area contributed by atoms with Crippen molar-refractivity contribution < 1.29 is 38.7 Å². The number of carbonyl (C=O) groups excluding carboxylic acids is 2. The van der Waals surface area contributed by atoms with E-state index in [1.54, 1.807) is 41.5 Å². The highest BCUT2D eigenvalue weighted by atomic mass is 16.7. The molecule has 1 saturated heterocycles. The summed E-state index contributed by atoms with van der Waals surface area (Å²) >= 11 is 0. The summed E-state index contributed by atoms with van der Waals surface area (Å²) in [5, 5.41) is 27.3. The number of aliphatic hydroxyl groups is 2. The number of guanidine groups is 1. The van der Waals surface area contributed by atoms with E-state index < -0.39 is 47.9 Å². The van der Waals surface area contributed by atoms with Crippen LogP contribution >= 0.6 is 0 Å². The fourth-order valence-electron chi connectivity index (χ4n) is 2.87. The van der Waals surface area contributed by atoms with Crippen LogP contribution in [-0.4, -0.2) is 90.4 Å². The van der Waals surface area contributed by atoms with Crippen LogP contribution in [0.15, 0.2) is 16.9 Å². The number of nitrogens with zero attached hydrogens (tertiary/aromatic N) is 1. The van der Waals surface area contributed by atoms with Gasteiger partial charge in [0.25, 0.3) is 0 Å². The first-order chi connectivity index (χ1) is 16.6. The minimum atomic E-state index is -0.916. The Hall–Kier alpha value is -2.65. The molecule has 2 unspecified atom stereocenters. The number of nitrogens with one attached hydrogen (secondary N) is 3. The van der Waals surface area contributed by atoms with Crippen molar-refractivity contribution >= 4 is 18.1 Å². The highest BCUT2D eigenvalue weighted by Crippen LogP contribution is 2.21. The molecule has 1 aliphatic heterocycles. The third-order valence-corrected chi connectivity index (χ3v) is 4.28. The first kappa shape index (κ1) is 31.4. The highest BCUT2D eigenvalue weighted by Gasteiger charge is 2.37. The summed E-state index contributed by atoms with van der Waals surface area (Å²) in [7, 11) is 0. The van der Waals surface area contributed by atoms with E-state index in [0.29, 0.717) is 0 Å². The van der Waals surface area contributed by atoms with E-state index in [4.69, 9.17) is 30.4 Å². The van der Waals surface area contributed by atoms with E-state index >= 15 is 0 Å². The van der Waals surface area contributed by atoms with Crippen LogP contribution in [-0.2, 0) is 18.9 Å². The molecule has 0 saturated carbocycles. The number of nitrogens with two attached hydrogens (primary N) is 2. The Bertz CT molecular complexity index is 745. The molecule has 0 aromatic carbocycles. The first-order valence-corrected chi connectivity index (χ1v) is 11.6. The molecule has 1 heterocycles. The molecule has 36 heavy (non-hydrogen) atoms. The number of aliphatic hydroxyl groups excluding tert-OH is 2. The quantitative estimate of drug-likeness (QED) is 0.162. The Kier molecular flexibility index (Phi) is 12.4. The van der Waals surface area contributed by atoms with Crippen molar-refractivity contribution in [1.29, 1.82) is 0 Å². The van der Waals surface area contributed by atoms with Crippen LogP contribution < -0.4 is 27.4 Å². The number of ether oxygens (including phenoxy) is 4. The van der Waals surface area contributed by atoms with Crippen molar-refractivity contribution in [2.75, 3.05) is 26.3 Å². The molecule has 0 radical (unpaired) electrons. The van der Waals surface area contributed by atoms with E-state index in [9.17, 15) is 19.8 Å². The van der Waals surface area contributed by atoms with Gasteiger partial charge < -0.3 is 45.9 Å². The van der Waals surface area contributed by atoms with Gasteiger partial charge in [-0.1, -0.05) is 0 Å². The van der Waals surface area contributed by atoms with Gasteiger partial charge in [-0.05, 0) is 41.5 Å². The molecule has 208 valence electrons. The van der Waals surface area contributed by atoms with Crippen molar-refractivity contribution in [3.05, 3.63) is 11.9 Å². The Morgan fingerprint density at radius 1 is 1.11 bits per heavy atom. The van der Waals surface area contributed by atoms with Crippen molar-refractivity contribution in [3.63, 3.8) is 0 Å². The first-order valence-electron chi connectivity index (χ1n) is 11.6. The third kappa shape index (κ3) is 12.9. The van der Waals surface area contributed by atoms with Gasteiger partial charge in [0, 0.05) is 24.9 Å². The lowest BCUT2D eigenvalue weighted by Gasteiger charge is -2.38. The van der Waals surface area contributed by atoms with Crippen LogP contribution in [0.4, 0.5) is 9.59 Å². The van der Waals surface area contributed by atoms with Gasteiger partial charge in [-0.15, -0.1) is 0 Å². The topological polar surface area (TPSA) is 212 Å². The van der Waals surface area contributed by atoms with Gasteiger partial charge in [-0.2, -0.15) is 0 Å². The van der Waals surface area contributed by atoms with E-state index in [-0.39, 0.29) is 44.4 Å². The van der Waals surface area contributed by atoms with Crippen LogP contribution in [0.5, 0.6) is 0 Å². The summed E-state index contributed by atoms with van der Waals surface area (Å²) in [6, 6.07) is -0.490. The molecule has 2 amide bonds. The number of amides is 2. The Morgan fingerprint density at radius 2 is 1.67 bits per heavy atom. The summed E-state index contributed by atoms with van der Waals surface area (Å²) in [6.07, 6.45) is -2.47. The van der Waals surface area contributed by atoms with Crippen LogP contribution in [0, 0.1) is 0 Å². The maximum atomic E-state index is 12.2. The summed E-state index contributed by atoms with van der Waals surface area (Å²) in [4.78, 5) is 28.5. The molecule has 1 aliphatic rings. The third-order valence-electron chi connectivity index (χ3n) is 4.28. The SMILES string of the molecule is CC(C)(C)OC(=O)NC(=NC/C(N)=C/N[C@@H]1C[C@H](O)C(CO)OC1OCCN)NC(=O)OC(C)(C)C. The lowest BCUT2D eigenvalue weighted by molar-refractivity contribution is -0.239. The molecule has 9 N–H and O–H groups in total. The van der Waals surface area contributed by atoms with Gasteiger partial charge >= 0.3 is 12.2 Å². The van der Waals surface area contributed by atoms with Gasteiger partial charge in [0.1, 0.15) is 17.3 Å². The minimum absolute atomic E-state index is 0.127. The summed E-state index contributed by atoms with van der Waals surface area (Å²) in [6.45, 7) is 10.1. The number of carbonyl (C=O) groups is 2. The van der Waals surface area contributed by atoms with Crippen LogP contribution in [0.25, 0.3) is 0 Å². The number of hydrogen-bond donors (Lipinski definition) is 7. The number of rotatable bonds is 8. The normalized spacial score (nSPS) is 22.9. The summed E-state index contributed by atoms with van der Waals surface area (Å²) in [5.74, 6) is -0.221. The number of aliphatic imine (C=N–C) groups is 1. The maximum Gasteiger partial charge on any atom is 0.414 e. The molecule has 0 spiro atoms. The van der Waals surface area contributed by atoms with Gasteiger partial charge in [0.05, 0.1) is 31.9 Å². The zero-order valence-corrected chi connectivity index (χ0v) is 21.9. The van der Waals surface area contributed by atoms with E-state index in [2.05, 4.69) is 20.9 Å².